The number of amidine groups is 1. The van der Waals surface area contributed by atoms with Gasteiger partial charge in [-0.15, -0.1) is 0 Å². The van der Waals surface area contributed by atoms with Gasteiger partial charge in [-0.2, -0.15) is 0 Å². The second kappa shape index (κ2) is 5.50. The summed E-state index contributed by atoms with van der Waals surface area (Å²) in [6.45, 7) is 3.62. The van der Waals surface area contributed by atoms with Crippen molar-refractivity contribution < 1.29 is 9.68 Å². The summed E-state index contributed by atoms with van der Waals surface area (Å²) in [5.74, 6) is 1.26. The number of hydrogen-bond donors (Lipinski definition) is 1. The fourth-order valence-electron chi connectivity index (χ4n) is 3.81. The summed E-state index contributed by atoms with van der Waals surface area (Å²) in [4.78, 5) is 2.30. The zero-order valence-electron chi connectivity index (χ0n) is 13.6. The van der Waals surface area contributed by atoms with Gasteiger partial charge in [-0.25, -0.2) is 9.48 Å². The lowest BCUT2D eigenvalue weighted by molar-refractivity contribution is -0.661. The van der Waals surface area contributed by atoms with Gasteiger partial charge < -0.3 is 5.11 Å². The van der Waals surface area contributed by atoms with Crippen LogP contribution in [0.5, 0.6) is 0 Å². The van der Waals surface area contributed by atoms with Gasteiger partial charge in [0, 0.05) is 12.0 Å². The quantitative estimate of drug-likeness (QED) is 0.862. The molecule has 2 heterocycles. The molecule has 0 saturated heterocycles. The molecule has 0 spiro atoms. The van der Waals surface area contributed by atoms with E-state index in [2.05, 4.69) is 40.7 Å². The van der Waals surface area contributed by atoms with E-state index >= 15 is 0 Å². The van der Waals surface area contributed by atoms with Crippen molar-refractivity contribution >= 4 is 11.5 Å². The molecule has 0 unspecified atom stereocenters. The Kier molecular flexibility index (Phi) is 3.46. The lowest BCUT2D eigenvalue weighted by Gasteiger charge is -2.24. The van der Waals surface area contributed by atoms with Crippen molar-refractivity contribution in [2.24, 2.45) is 0 Å². The molecule has 2 aromatic carbocycles. The zero-order chi connectivity index (χ0) is 15.9. The smallest absolute Gasteiger partial charge is 0.271 e. The van der Waals surface area contributed by atoms with Crippen LogP contribution in [0.4, 0.5) is 5.69 Å². The molecule has 0 saturated carbocycles. The highest BCUT2D eigenvalue weighted by atomic mass is 16.3. The van der Waals surface area contributed by atoms with Crippen molar-refractivity contribution in [2.75, 3.05) is 18.0 Å². The van der Waals surface area contributed by atoms with Crippen molar-refractivity contribution in [3.8, 4) is 0 Å². The van der Waals surface area contributed by atoms with E-state index in [-0.39, 0.29) is 0 Å². The van der Waals surface area contributed by atoms with E-state index < -0.39 is 5.72 Å². The van der Waals surface area contributed by atoms with Gasteiger partial charge in [-0.05, 0) is 31.9 Å². The molecule has 0 radical (unpaired) electrons. The zero-order valence-corrected chi connectivity index (χ0v) is 13.6. The molecule has 1 atom stereocenters. The normalized spacial score (nSPS) is 24.0. The molecule has 3 heteroatoms. The molecule has 4 rings (SSSR count). The number of rotatable bonds is 2. The molecule has 1 N–H and O–H groups in total. The van der Waals surface area contributed by atoms with Crippen LogP contribution in [0.1, 0.15) is 30.4 Å². The van der Waals surface area contributed by atoms with E-state index in [0.29, 0.717) is 6.54 Å². The first-order chi connectivity index (χ1) is 11.2. The van der Waals surface area contributed by atoms with Gasteiger partial charge in [0.1, 0.15) is 5.69 Å². The number of hydrogen-bond acceptors (Lipinski definition) is 2. The number of aryl methyl sites for hydroxylation is 1. The summed E-state index contributed by atoms with van der Waals surface area (Å²) in [5.41, 5.74) is 2.48. The lowest BCUT2D eigenvalue weighted by Crippen LogP contribution is -2.41. The predicted molar refractivity (Wildman–Crippen MR) is 92.8 cm³/mol. The van der Waals surface area contributed by atoms with Crippen LogP contribution in [0.25, 0.3) is 0 Å². The number of aliphatic hydroxyl groups is 1. The van der Waals surface area contributed by atoms with Gasteiger partial charge >= 0.3 is 0 Å². The van der Waals surface area contributed by atoms with E-state index in [4.69, 9.17) is 0 Å². The molecule has 2 aliphatic rings. The van der Waals surface area contributed by atoms with E-state index in [0.717, 1.165) is 24.9 Å². The minimum atomic E-state index is -0.929. The standard InChI is InChI=1S/C20H23N2O/c1-16-10-12-18(13-11-16)21-15-20(23,17-7-3-2-4-8-17)22-14-6-5-9-19(21)22/h2-4,7-8,10-13,23H,5-6,9,14-15H2,1H3/q+1/t20-/m0/s1. The molecule has 118 valence electrons. The van der Waals surface area contributed by atoms with Gasteiger partial charge in [0.25, 0.3) is 11.6 Å². The first-order valence-corrected chi connectivity index (χ1v) is 8.44. The van der Waals surface area contributed by atoms with Crippen LogP contribution in [0.2, 0.25) is 0 Å². The maximum absolute atomic E-state index is 11.5. The van der Waals surface area contributed by atoms with Crippen LogP contribution in [0, 0.1) is 6.92 Å². The summed E-state index contributed by atoms with van der Waals surface area (Å²) in [5, 5.41) is 11.5. The minimum absolute atomic E-state index is 0.593. The Morgan fingerprint density at radius 3 is 2.48 bits per heavy atom. The molecule has 0 amide bonds. The maximum Gasteiger partial charge on any atom is 0.271 e. The molecular weight excluding hydrogens is 284 g/mol. The fraction of sp³-hybridized carbons (Fsp3) is 0.350. The Morgan fingerprint density at radius 2 is 1.74 bits per heavy atom. The van der Waals surface area contributed by atoms with E-state index in [1.807, 2.05) is 30.3 Å². The monoisotopic (exact) mass is 307 g/mol. The molecule has 23 heavy (non-hydrogen) atoms. The van der Waals surface area contributed by atoms with Crippen molar-refractivity contribution in [3.63, 3.8) is 0 Å². The van der Waals surface area contributed by atoms with E-state index in [9.17, 15) is 5.11 Å². The van der Waals surface area contributed by atoms with Crippen LogP contribution in [-0.4, -0.2) is 28.6 Å². The Bertz CT molecular complexity index is 736. The Morgan fingerprint density at radius 1 is 1.00 bits per heavy atom. The molecule has 0 aliphatic carbocycles. The number of β-amino-alcohol motifs (C(OH)–C–C–N with tert-alkyl or cyclic N) is 1. The van der Waals surface area contributed by atoms with E-state index in [1.54, 1.807) is 0 Å². The summed E-state index contributed by atoms with van der Waals surface area (Å²) < 4.78 is 2.21. The molecule has 3 nitrogen and oxygen atoms in total. The lowest BCUT2D eigenvalue weighted by atomic mass is 10.0. The number of nitrogens with zero attached hydrogens (tertiary/aromatic N) is 2. The van der Waals surface area contributed by atoms with Gasteiger partial charge in [0.15, 0.2) is 6.54 Å². The van der Waals surface area contributed by atoms with Crippen LogP contribution >= 0.6 is 0 Å². The Hall–Kier alpha value is -2.13. The summed E-state index contributed by atoms with van der Waals surface area (Å²) >= 11 is 0. The van der Waals surface area contributed by atoms with Crippen molar-refractivity contribution in [1.29, 1.82) is 0 Å². The second-order valence-corrected chi connectivity index (χ2v) is 6.63. The molecule has 0 fully saturated rings. The summed E-state index contributed by atoms with van der Waals surface area (Å²) in [6, 6.07) is 18.7. The number of anilines is 1. The number of benzene rings is 2. The average molecular weight is 307 g/mol. The third-order valence-corrected chi connectivity index (χ3v) is 5.06. The van der Waals surface area contributed by atoms with Gasteiger partial charge in [-0.3, -0.25) is 0 Å². The maximum atomic E-state index is 11.5. The third kappa shape index (κ3) is 2.36. The van der Waals surface area contributed by atoms with Crippen molar-refractivity contribution in [3.05, 3.63) is 65.7 Å². The van der Waals surface area contributed by atoms with Crippen LogP contribution < -0.4 is 4.90 Å². The highest BCUT2D eigenvalue weighted by Gasteiger charge is 2.52. The summed E-state index contributed by atoms with van der Waals surface area (Å²) in [7, 11) is 0. The van der Waals surface area contributed by atoms with Crippen LogP contribution in [0.3, 0.4) is 0 Å². The van der Waals surface area contributed by atoms with Crippen molar-refractivity contribution in [1.82, 2.24) is 0 Å². The topological polar surface area (TPSA) is 26.5 Å². The molecule has 0 aromatic heterocycles. The molecule has 0 bridgehead atoms. The largest absolute Gasteiger partial charge is 0.346 e. The Labute approximate surface area is 137 Å². The van der Waals surface area contributed by atoms with Gasteiger partial charge in [0.05, 0.1) is 6.54 Å². The minimum Gasteiger partial charge on any atom is -0.346 e. The summed E-state index contributed by atoms with van der Waals surface area (Å²) in [6.07, 6.45) is 3.36. The fourth-order valence-corrected chi connectivity index (χ4v) is 3.81. The molecule has 2 aromatic rings. The SMILES string of the molecule is Cc1ccc(N2C[C@](O)(c3ccccc3)[N+]3=C2CCCC3)cc1. The highest BCUT2D eigenvalue weighted by Crippen LogP contribution is 2.35. The van der Waals surface area contributed by atoms with Crippen LogP contribution in [-0.2, 0) is 5.72 Å². The average Bonchev–Trinajstić information content (AvgIpc) is 2.91. The first kappa shape index (κ1) is 14.5. The Balaban J connectivity index is 1.79. The third-order valence-electron chi connectivity index (χ3n) is 5.06. The van der Waals surface area contributed by atoms with Gasteiger partial charge in [-0.1, -0.05) is 48.0 Å². The molecular formula is C20H23N2O+. The van der Waals surface area contributed by atoms with Crippen molar-refractivity contribution in [2.45, 2.75) is 31.9 Å². The highest BCUT2D eigenvalue weighted by molar-refractivity contribution is 5.96. The predicted octanol–water partition coefficient (Wildman–Crippen LogP) is 3.26. The van der Waals surface area contributed by atoms with Crippen LogP contribution in [0.15, 0.2) is 54.6 Å². The van der Waals surface area contributed by atoms with E-state index in [1.165, 1.54) is 23.5 Å². The van der Waals surface area contributed by atoms with Gasteiger partial charge in [0.2, 0.25) is 0 Å². The second-order valence-electron chi connectivity index (χ2n) is 6.63. The first-order valence-electron chi connectivity index (χ1n) is 8.44. The molecule has 2 aliphatic heterocycles.